The van der Waals surface area contributed by atoms with E-state index in [2.05, 4.69) is 22.1 Å². The second-order valence-electron chi connectivity index (χ2n) is 5.70. The largest absolute Gasteiger partial charge is 0.481 e. The van der Waals surface area contributed by atoms with E-state index in [0.717, 1.165) is 16.7 Å². The van der Waals surface area contributed by atoms with Crippen molar-refractivity contribution in [2.75, 3.05) is 19.0 Å². The summed E-state index contributed by atoms with van der Waals surface area (Å²) >= 11 is 5.74. The minimum Gasteiger partial charge on any atom is -0.481 e. The number of nitrogens with zero attached hydrogens (tertiary/aromatic N) is 1. The first-order valence-corrected chi connectivity index (χ1v) is 7.84. The van der Waals surface area contributed by atoms with Crippen molar-refractivity contribution < 1.29 is 9.53 Å². The number of pyridine rings is 1. The van der Waals surface area contributed by atoms with Crippen molar-refractivity contribution in [1.29, 1.82) is 0 Å². The third kappa shape index (κ3) is 4.87. The molecule has 2 aromatic rings. The van der Waals surface area contributed by atoms with Crippen molar-refractivity contribution >= 4 is 28.4 Å². The molecular weight excluding hydrogens is 312 g/mol. The average Bonchev–Trinajstić information content (AvgIpc) is 2.57. The highest BCUT2D eigenvalue weighted by Gasteiger charge is 2.25. The Morgan fingerprint density at radius 1 is 1.35 bits per heavy atom. The van der Waals surface area contributed by atoms with Crippen LogP contribution in [0.15, 0.2) is 36.5 Å². The maximum Gasteiger partial charge on any atom is 0.227 e. The quantitative estimate of drug-likeness (QED) is 0.677. The molecule has 0 radical (unpaired) electrons. The summed E-state index contributed by atoms with van der Waals surface area (Å²) in [4.78, 5) is 16.0. The number of benzene rings is 1. The van der Waals surface area contributed by atoms with E-state index in [-0.39, 0.29) is 24.9 Å². The first kappa shape index (κ1) is 17.1. The molecule has 0 aliphatic heterocycles. The van der Waals surface area contributed by atoms with Crippen molar-refractivity contribution in [3.63, 3.8) is 0 Å². The summed E-state index contributed by atoms with van der Waals surface area (Å²) in [5.74, 6) is 6.60. The predicted octanol–water partition coefficient (Wildman–Crippen LogP) is 3.00. The zero-order valence-electron chi connectivity index (χ0n) is 13.2. The fourth-order valence-corrected chi connectivity index (χ4v) is 1.91. The topological polar surface area (TPSA) is 51.2 Å². The second kappa shape index (κ2) is 7.85. The van der Waals surface area contributed by atoms with E-state index in [1.54, 1.807) is 20.0 Å². The summed E-state index contributed by atoms with van der Waals surface area (Å²) in [6.45, 7) is 4.12. The van der Waals surface area contributed by atoms with Crippen LogP contribution in [0.3, 0.4) is 0 Å². The Labute approximate surface area is 141 Å². The van der Waals surface area contributed by atoms with Crippen LogP contribution in [-0.4, -0.2) is 29.9 Å². The average molecular weight is 331 g/mol. The molecule has 1 N–H and O–H groups in total. The van der Waals surface area contributed by atoms with E-state index in [1.807, 2.05) is 30.3 Å². The zero-order chi connectivity index (χ0) is 16.7. The van der Waals surface area contributed by atoms with E-state index < -0.39 is 5.41 Å². The van der Waals surface area contributed by atoms with Gasteiger partial charge in [0.2, 0.25) is 5.91 Å². The van der Waals surface area contributed by atoms with Crippen LogP contribution in [0.25, 0.3) is 10.9 Å². The number of fused-ring (bicyclic) bond motifs is 1. The Morgan fingerprint density at radius 3 is 2.96 bits per heavy atom. The molecule has 0 saturated carbocycles. The number of aromatic nitrogens is 1. The number of amides is 1. The number of carbonyl (C=O) groups excluding carboxylic acids is 1. The summed E-state index contributed by atoms with van der Waals surface area (Å²) in [7, 11) is 0. The van der Waals surface area contributed by atoms with Crippen molar-refractivity contribution in [2.24, 2.45) is 5.41 Å². The number of alkyl halides is 1. The smallest absolute Gasteiger partial charge is 0.227 e. The molecule has 1 heterocycles. The Bertz CT molecular complexity index is 747. The monoisotopic (exact) mass is 330 g/mol. The van der Waals surface area contributed by atoms with Crippen molar-refractivity contribution in [3.05, 3.63) is 36.5 Å². The van der Waals surface area contributed by atoms with Crippen LogP contribution in [0, 0.1) is 17.3 Å². The third-order valence-corrected chi connectivity index (χ3v) is 3.97. The van der Waals surface area contributed by atoms with Crippen LogP contribution in [0.4, 0.5) is 0 Å². The standard InChI is InChI=1S/C18H19ClN2O2/c1-18(2,13-19)17(22)21-9-3-4-11-23-15-8-7-14-6-5-10-20-16(14)12-15/h5-8,10,12H,9,11,13H2,1-2H3,(H,21,22). The van der Waals surface area contributed by atoms with Gasteiger partial charge in [0.25, 0.3) is 0 Å². The van der Waals surface area contributed by atoms with Gasteiger partial charge in [-0.15, -0.1) is 11.6 Å². The number of nitrogens with one attached hydrogen (secondary N) is 1. The fraction of sp³-hybridized carbons (Fsp3) is 0.333. The zero-order valence-corrected chi connectivity index (χ0v) is 14.0. The summed E-state index contributed by atoms with van der Waals surface area (Å²) in [6.07, 6.45) is 1.75. The molecule has 1 aromatic heterocycles. The number of hydrogen-bond acceptors (Lipinski definition) is 3. The molecule has 0 atom stereocenters. The lowest BCUT2D eigenvalue weighted by Gasteiger charge is -2.19. The molecule has 120 valence electrons. The van der Waals surface area contributed by atoms with Gasteiger partial charge in [-0.2, -0.15) is 0 Å². The normalized spacial score (nSPS) is 10.7. The van der Waals surface area contributed by atoms with Gasteiger partial charge in [0.15, 0.2) is 0 Å². The number of rotatable bonds is 5. The Kier molecular flexibility index (Phi) is 5.84. The van der Waals surface area contributed by atoms with Gasteiger partial charge in [-0.3, -0.25) is 9.78 Å². The molecule has 2 rings (SSSR count). The highest BCUT2D eigenvalue weighted by atomic mass is 35.5. The van der Waals surface area contributed by atoms with E-state index in [4.69, 9.17) is 16.3 Å². The minimum atomic E-state index is -0.585. The van der Waals surface area contributed by atoms with Crippen LogP contribution in [0.2, 0.25) is 0 Å². The van der Waals surface area contributed by atoms with Gasteiger partial charge in [-0.25, -0.2) is 0 Å². The van der Waals surface area contributed by atoms with Crippen molar-refractivity contribution in [3.8, 4) is 17.6 Å². The maximum absolute atomic E-state index is 11.8. The van der Waals surface area contributed by atoms with Gasteiger partial charge < -0.3 is 10.1 Å². The van der Waals surface area contributed by atoms with Gasteiger partial charge in [0.1, 0.15) is 12.4 Å². The van der Waals surface area contributed by atoms with Gasteiger partial charge in [0, 0.05) is 23.5 Å². The van der Waals surface area contributed by atoms with Gasteiger partial charge in [0.05, 0.1) is 17.5 Å². The van der Waals surface area contributed by atoms with Crippen molar-refractivity contribution in [2.45, 2.75) is 13.8 Å². The van der Waals surface area contributed by atoms with Crippen LogP contribution in [0.1, 0.15) is 13.8 Å². The lowest BCUT2D eigenvalue weighted by Crippen LogP contribution is -2.38. The molecule has 4 nitrogen and oxygen atoms in total. The van der Waals surface area contributed by atoms with Crippen LogP contribution in [-0.2, 0) is 4.79 Å². The molecule has 1 aromatic carbocycles. The highest BCUT2D eigenvalue weighted by molar-refractivity contribution is 6.19. The van der Waals surface area contributed by atoms with E-state index in [0.29, 0.717) is 0 Å². The van der Waals surface area contributed by atoms with Gasteiger partial charge in [-0.05, 0) is 32.0 Å². The number of hydrogen-bond donors (Lipinski definition) is 1. The molecule has 0 aliphatic carbocycles. The number of ether oxygens (including phenoxy) is 1. The van der Waals surface area contributed by atoms with E-state index in [1.165, 1.54) is 0 Å². The van der Waals surface area contributed by atoms with Crippen LogP contribution in [0.5, 0.6) is 5.75 Å². The second-order valence-corrected chi connectivity index (χ2v) is 5.97. The first-order chi connectivity index (χ1) is 11.0. The van der Waals surface area contributed by atoms with E-state index in [9.17, 15) is 4.79 Å². The van der Waals surface area contributed by atoms with E-state index >= 15 is 0 Å². The molecule has 0 fully saturated rings. The summed E-state index contributed by atoms with van der Waals surface area (Å²) in [5.41, 5.74) is 0.297. The third-order valence-electron chi connectivity index (χ3n) is 3.30. The number of halogens is 1. The van der Waals surface area contributed by atoms with Crippen molar-refractivity contribution in [1.82, 2.24) is 10.3 Å². The molecule has 5 heteroatoms. The lowest BCUT2D eigenvalue weighted by molar-refractivity contribution is -0.128. The molecular formula is C18H19ClN2O2. The molecule has 23 heavy (non-hydrogen) atoms. The number of carbonyl (C=O) groups is 1. The highest BCUT2D eigenvalue weighted by Crippen LogP contribution is 2.18. The predicted molar refractivity (Wildman–Crippen MR) is 92.5 cm³/mol. The molecule has 0 bridgehead atoms. The van der Waals surface area contributed by atoms with Gasteiger partial charge in [-0.1, -0.05) is 17.9 Å². The summed E-state index contributed by atoms with van der Waals surface area (Å²) in [5, 5.41) is 3.80. The Balaban J connectivity index is 1.80. The van der Waals surface area contributed by atoms with Gasteiger partial charge >= 0.3 is 0 Å². The summed E-state index contributed by atoms with van der Waals surface area (Å²) < 4.78 is 5.56. The molecule has 0 spiro atoms. The molecule has 0 aliphatic rings. The Morgan fingerprint density at radius 2 is 2.17 bits per heavy atom. The molecule has 0 saturated heterocycles. The Hall–Kier alpha value is -2.25. The molecule has 0 unspecified atom stereocenters. The van der Waals surface area contributed by atoms with Crippen LogP contribution >= 0.6 is 11.6 Å². The summed E-state index contributed by atoms with van der Waals surface area (Å²) in [6, 6.07) is 9.61. The SMILES string of the molecule is CC(C)(CCl)C(=O)NCC#CCOc1ccc2cccnc2c1. The first-order valence-electron chi connectivity index (χ1n) is 7.30. The fourth-order valence-electron chi connectivity index (χ4n) is 1.79. The maximum atomic E-state index is 11.8. The van der Waals surface area contributed by atoms with Crippen LogP contribution < -0.4 is 10.1 Å². The minimum absolute atomic E-state index is 0.108. The molecule has 1 amide bonds. The lowest BCUT2D eigenvalue weighted by atomic mass is 9.95.